The summed E-state index contributed by atoms with van der Waals surface area (Å²) in [6.07, 6.45) is 0. The normalized spacial score (nSPS) is 15.9. The van der Waals surface area contributed by atoms with Gasteiger partial charge in [-0.2, -0.15) is 0 Å². The second-order valence-corrected chi connectivity index (χ2v) is 7.11. The van der Waals surface area contributed by atoms with E-state index in [0.29, 0.717) is 10.0 Å². The number of rotatable bonds is 3. The van der Waals surface area contributed by atoms with Crippen molar-refractivity contribution in [3.63, 3.8) is 0 Å². The first-order valence-corrected chi connectivity index (χ1v) is 9.00. The Morgan fingerprint density at radius 1 is 1.04 bits per heavy atom. The van der Waals surface area contributed by atoms with Gasteiger partial charge in [0.25, 0.3) is 0 Å². The molecule has 2 aromatic heterocycles. The summed E-state index contributed by atoms with van der Waals surface area (Å²) in [5.41, 5.74) is 1.68. The van der Waals surface area contributed by atoms with Crippen LogP contribution in [0.15, 0.2) is 34.9 Å². The number of hydrogen-bond acceptors (Lipinski definition) is 5. The predicted molar refractivity (Wildman–Crippen MR) is 100 cm³/mol. The van der Waals surface area contributed by atoms with E-state index in [1.165, 1.54) is 0 Å². The van der Waals surface area contributed by atoms with E-state index in [1.807, 2.05) is 25.1 Å². The average molecular weight is 377 g/mol. The Morgan fingerprint density at radius 3 is 2.52 bits per heavy atom. The second kappa shape index (κ2) is 6.83. The second-order valence-electron chi connectivity index (χ2n) is 6.29. The fourth-order valence-electron chi connectivity index (χ4n) is 3.16. The molecule has 130 valence electrons. The van der Waals surface area contributed by atoms with Gasteiger partial charge in [-0.25, -0.2) is 4.98 Å². The van der Waals surface area contributed by atoms with Crippen LogP contribution in [0.5, 0.6) is 0 Å². The molecule has 0 saturated carbocycles. The maximum Gasteiger partial charge on any atom is 0.150 e. The molecule has 5 nitrogen and oxygen atoms in total. The first-order chi connectivity index (χ1) is 12.1. The van der Waals surface area contributed by atoms with Crippen LogP contribution in [-0.2, 0) is 6.54 Å². The third kappa shape index (κ3) is 3.45. The fourth-order valence-corrected chi connectivity index (χ4v) is 3.58. The van der Waals surface area contributed by atoms with E-state index in [-0.39, 0.29) is 0 Å². The minimum atomic E-state index is 0.626. The van der Waals surface area contributed by atoms with Crippen LogP contribution in [0.1, 0.15) is 11.5 Å². The molecule has 25 heavy (non-hydrogen) atoms. The molecule has 0 amide bonds. The summed E-state index contributed by atoms with van der Waals surface area (Å²) < 4.78 is 5.31. The van der Waals surface area contributed by atoms with Crippen molar-refractivity contribution in [2.75, 3.05) is 31.1 Å². The molecule has 1 saturated heterocycles. The number of pyridine rings is 1. The summed E-state index contributed by atoms with van der Waals surface area (Å²) in [6.45, 7) is 6.44. The molecule has 0 N–H and O–H groups in total. The summed E-state index contributed by atoms with van der Waals surface area (Å²) in [5.74, 6) is 1.85. The fraction of sp³-hybridized carbons (Fsp3) is 0.333. The molecular formula is C18H18Cl2N4O. The maximum absolute atomic E-state index is 6.29. The molecule has 0 bridgehead atoms. The topological polar surface area (TPSA) is 45.4 Å². The van der Waals surface area contributed by atoms with Crippen molar-refractivity contribution in [2.24, 2.45) is 0 Å². The lowest BCUT2D eigenvalue weighted by Gasteiger charge is -2.35. The Morgan fingerprint density at radius 2 is 1.80 bits per heavy atom. The number of aromatic nitrogens is 2. The maximum atomic E-state index is 6.29. The molecule has 3 heterocycles. The van der Waals surface area contributed by atoms with Crippen molar-refractivity contribution in [2.45, 2.75) is 13.5 Å². The van der Waals surface area contributed by atoms with Crippen molar-refractivity contribution in [1.29, 1.82) is 0 Å². The van der Waals surface area contributed by atoms with E-state index in [0.717, 1.165) is 60.9 Å². The highest BCUT2D eigenvalue weighted by atomic mass is 35.5. The highest BCUT2D eigenvalue weighted by Gasteiger charge is 2.20. The SMILES string of the molecule is Cc1cc(CN2CCN(c3ccc4c(Cl)ccc(Cl)c4n3)CC2)on1. The van der Waals surface area contributed by atoms with E-state index in [9.17, 15) is 0 Å². The molecule has 4 rings (SSSR count). The third-order valence-electron chi connectivity index (χ3n) is 4.49. The largest absolute Gasteiger partial charge is 0.360 e. The minimum absolute atomic E-state index is 0.626. The number of benzene rings is 1. The van der Waals surface area contributed by atoms with Gasteiger partial charge in [0.15, 0.2) is 5.76 Å². The van der Waals surface area contributed by atoms with Crippen LogP contribution < -0.4 is 4.90 Å². The van der Waals surface area contributed by atoms with Crippen LogP contribution in [0.4, 0.5) is 5.82 Å². The number of aryl methyl sites for hydroxylation is 1. The van der Waals surface area contributed by atoms with Crippen LogP contribution in [0.25, 0.3) is 10.9 Å². The lowest BCUT2D eigenvalue weighted by molar-refractivity contribution is 0.219. The van der Waals surface area contributed by atoms with E-state index in [2.05, 4.69) is 15.0 Å². The van der Waals surface area contributed by atoms with Crippen LogP contribution in [0.2, 0.25) is 10.0 Å². The molecule has 1 aliphatic rings. The van der Waals surface area contributed by atoms with Crippen LogP contribution in [0, 0.1) is 6.92 Å². The lowest BCUT2D eigenvalue weighted by atomic mass is 10.2. The van der Waals surface area contributed by atoms with Gasteiger partial charge in [-0.3, -0.25) is 4.90 Å². The van der Waals surface area contributed by atoms with E-state index in [1.54, 1.807) is 12.1 Å². The number of fused-ring (bicyclic) bond motifs is 1. The highest BCUT2D eigenvalue weighted by molar-refractivity contribution is 6.39. The zero-order valence-corrected chi connectivity index (χ0v) is 15.4. The Balaban J connectivity index is 1.47. The number of anilines is 1. The smallest absolute Gasteiger partial charge is 0.150 e. The van der Waals surface area contributed by atoms with Gasteiger partial charge in [-0.15, -0.1) is 0 Å². The first-order valence-electron chi connectivity index (χ1n) is 8.24. The number of nitrogens with zero attached hydrogens (tertiary/aromatic N) is 4. The first kappa shape index (κ1) is 16.6. The Labute approximate surface area is 156 Å². The molecule has 1 aliphatic heterocycles. The molecule has 3 aromatic rings. The van der Waals surface area contributed by atoms with Gasteiger partial charge >= 0.3 is 0 Å². The molecule has 0 spiro atoms. The summed E-state index contributed by atoms with van der Waals surface area (Å²) in [6, 6.07) is 9.59. The molecule has 1 aromatic carbocycles. The number of piperazine rings is 1. The molecule has 7 heteroatoms. The Kier molecular flexibility index (Phi) is 4.54. The molecule has 0 aliphatic carbocycles. The third-order valence-corrected chi connectivity index (χ3v) is 5.13. The number of halogens is 2. The van der Waals surface area contributed by atoms with Gasteiger partial charge in [0.1, 0.15) is 5.82 Å². The monoisotopic (exact) mass is 376 g/mol. The van der Waals surface area contributed by atoms with Gasteiger partial charge in [0, 0.05) is 37.6 Å². The van der Waals surface area contributed by atoms with Gasteiger partial charge in [-0.1, -0.05) is 28.4 Å². The summed E-state index contributed by atoms with van der Waals surface area (Å²) in [5, 5.41) is 6.13. The average Bonchev–Trinajstić information content (AvgIpc) is 3.03. The van der Waals surface area contributed by atoms with Crippen molar-refractivity contribution in [1.82, 2.24) is 15.0 Å². The summed E-state index contributed by atoms with van der Waals surface area (Å²) in [4.78, 5) is 9.37. The minimum Gasteiger partial charge on any atom is -0.360 e. The van der Waals surface area contributed by atoms with Gasteiger partial charge in [-0.05, 0) is 31.2 Å². The van der Waals surface area contributed by atoms with Gasteiger partial charge in [0.2, 0.25) is 0 Å². The predicted octanol–water partition coefficient (Wildman–Crippen LogP) is 4.16. The van der Waals surface area contributed by atoms with Crippen molar-refractivity contribution < 1.29 is 4.52 Å². The van der Waals surface area contributed by atoms with E-state index >= 15 is 0 Å². The standard InChI is InChI=1S/C18H18Cl2N4O/c1-12-10-13(25-22-12)11-23-6-8-24(9-7-23)17-5-2-14-15(19)3-4-16(20)18(14)21-17/h2-5,10H,6-9,11H2,1H3. The van der Waals surface area contributed by atoms with Crippen LogP contribution >= 0.6 is 23.2 Å². The van der Waals surface area contributed by atoms with Crippen LogP contribution in [0.3, 0.4) is 0 Å². The zero-order valence-electron chi connectivity index (χ0n) is 13.9. The Bertz CT molecular complexity index is 903. The highest BCUT2D eigenvalue weighted by Crippen LogP contribution is 2.30. The van der Waals surface area contributed by atoms with E-state index in [4.69, 9.17) is 32.7 Å². The van der Waals surface area contributed by atoms with Gasteiger partial charge < -0.3 is 9.42 Å². The van der Waals surface area contributed by atoms with Gasteiger partial charge in [0.05, 0.1) is 27.8 Å². The molecular weight excluding hydrogens is 359 g/mol. The van der Waals surface area contributed by atoms with Crippen molar-refractivity contribution in [3.8, 4) is 0 Å². The van der Waals surface area contributed by atoms with Crippen molar-refractivity contribution in [3.05, 3.63) is 51.8 Å². The summed E-state index contributed by atoms with van der Waals surface area (Å²) >= 11 is 12.5. The zero-order chi connectivity index (χ0) is 17.4. The van der Waals surface area contributed by atoms with E-state index < -0.39 is 0 Å². The van der Waals surface area contributed by atoms with Crippen molar-refractivity contribution >= 4 is 39.9 Å². The summed E-state index contributed by atoms with van der Waals surface area (Å²) in [7, 11) is 0. The quantitative estimate of drug-likeness (QED) is 0.686. The number of hydrogen-bond donors (Lipinski definition) is 0. The molecule has 0 radical (unpaired) electrons. The lowest BCUT2D eigenvalue weighted by Crippen LogP contribution is -2.46. The molecule has 0 atom stereocenters. The molecule has 0 unspecified atom stereocenters. The van der Waals surface area contributed by atoms with Crippen LogP contribution in [-0.4, -0.2) is 41.2 Å². The Hall–Kier alpha value is -1.82. The molecule has 1 fully saturated rings.